The summed E-state index contributed by atoms with van der Waals surface area (Å²) in [7, 11) is 1.62. The molecule has 0 saturated carbocycles. The number of amides is 1. The first-order chi connectivity index (χ1) is 11.7. The molecule has 25 heavy (non-hydrogen) atoms. The monoisotopic (exact) mass is 347 g/mol. The van der Waals surface area contributed by atoms with Crippen molar-refractivity contribution in [3.05, 3.63) is 28.8 Å². The third-order valence-electron chi connectivity index (χ3n) is 4.22. The lowest BCUT2D eigenvalue weighted by atomic mass is 10.1. The van der Waals surface area contributed by atoms with Crippen LogP contribution < -0.4 is 0 Å². The summed E-state index contributed by atoms with van der Waals surface area (Å²) in [4.78, 5) is 32.1. The smallest absolute Gasteiger partial charge is 0.410 e. The Kier molecular flexibility index (Phi) is 4.26. The van der Waals surface area contributed by atoms with E-state index >= 15 is 0 Å². The zero-order valence-electron chi connectivity index (χ0n) is 14.9. The number of hydrogen-bond donors (Lipinski definition) is 1. The molecule has 3 rings (SSSR count). The summed E-state index contributed by atoms with van der Waals surface area (Å²) < 4.78 is 19.6. The van der Waals surface area contributed by atoms with E-state index in [4.69, 9.17) is 4.74 Å². The van der Waals surface area contributed by atoms with Crippen LogP contribution in [0.2, 0.25) is 0 Å². The number of fused-ring (bicyclic) bond motifs is 3. The first-order valence-corrected chi connectivity index (χ1v) is 8.26. The Bertz CT molecular complexity index is 838. The fraction of sp³-hybridized carbons (Fsp3) is 0.500. The van der Waals surface area contributed by atoms with E-state index in [2.05, 4.69) is 9.97 Å². The second-order valence-electron chi connectivity index (χ2n) is 7.53. The first-order valence-electron chi connectivity index (χ1n) is 8.26. The predicted octanol–water partition coefficient (Wildman–Crippen LogP) is 2.98. The van der Waals surface area contributed by atoms with Gasteiger partial charge >= 0.3 is 6.09 Å². The predicted molar refractivity (Wildman–Crippen MR) is 90.7 cm³/mol. The summed E-state index contributed by atoms with van der Waals surface area (Å²) in [5.74, 6) is 0.0300. The normalized spacial score (nSPS) is 16.8. The topological polar surface area (TPSA) is 75.3 Å². The Morgan fingerprint density at radius 1 is 1.44 bits per heavy atom. The molecule has 1 heterocycles. The van der Waals surface area contributed by atoms with Crippen LogP contribution in [-0.4, -0.2) is 39.9 Å². The van der Waals surface area contributed by atoms with Crippen molar-refractivity contribution in [1.29, 1.82) is 0 Å². The standard InChI is InChI=1S/C18H22FN3O3/c1-18(2,3)25-17(24)22(4)8-15-20-14-7-13(19)11-5-10(9-23)6-12(11)16(14)21-15/h7,9-10H,5-6,8H2,1-4H3,(H,20,21). The molecule has 0 radical (unpaired) electrons. The van der Waals surface area contributed by atoms with Gasteiger partial charge in [-0.1, -0.05) is 0 Å². The molecule has 0 saturated heterocycles. The number of H-pyrrole nitrogens is 1. The van der Waals surface area contributed by atoms with Crippen LogP contribution in [0.25, 0.3) is 11.0 Å². The molecule has 2 aromatic rings. The Hall–Kier alpha value is -2.44. The molecule has 1 aliphatic rings. The summed E-state index contributed by atoms with van der Waals surface area (Å²) >= 11 is 0. The van der Waals surface area contributed by atoms with Crippen LogP contribution in [0.4, 0.5) is 9.18 Å². The highest BCUT2D eigenvalue weighted by atomic mass is 19.1. The fourth-order valence-electron chi connectivity index (χ4n) is 3.12. The van der Waals surface area contributed by atoms with Crippen molar-refractivity contribution in [2.45, 2.75) is 45.8 Å². The van der Waals surface area contributed by atoms with Gasteiger partial charge in [0.1, 0.15) is 23.5 Å². The van der Waals surface area contributed by atoms with Gasteiger partial charge in [0.25, 0.3) is 0 Å². The maximum Gasteiger partial charge on any atom is 0.410 e. The number of aromatic amines is 1. The van der Waals surface area contributed by atoms with Gasteiger partial charge in [-0.05, 0) is 44.7 Å². The number of benzene rings is 1. The summed E-state index contributed by atoms with van der Waals surface area (Å²) in [6, 6.07) is 1.38. The maximum atomic E-state index is 14.3. The van der Waals surface area contributed by atoms with E-state index in [9.17, 15) is 14.0 Å². The highest BCUT2D eigenvalue weighted by Crippen LogP contribution is 2.33. The van der Waals surface area contributed by atoms with Gasteiger partial charge in [0.05, 0.1) is 17.6 Å². The van der Waals surface area contributed by atoms with Gasteiger partial charge in [0.15, 0.2) is 0 Å². The molecule has 1 aromatic heterocycles. The third-order valence-corrected chi connectivity index (χ3v) is 4.22. The van der Waals surface area contributed by atoms with Crippen molar-refractivity contribution in [2.75, 3.05) is 7.05 Å². The summed E-state index contributed by atoms with van der Waals surface area (Å²) in [5, 5.41) is 0. The van der Waals surface area contributed by atoms with Crippen LogP contribution >= 0.6 is 0 Å². The molecule has 0 fully saturated rings. The number of rotatable bonds is 3. The number of halogens is 1. The molecule has 0 spiro atoms. The average molecular weight is 347 g/mol. The van der Waals surface area contributed by atoms with Gasteiger partial charge in [-0.25, -0.2) is 14.2 Å². The molecule has 1 unspecified atom stereocenters. The summed E-state index contributed by atoms with van der Waals surface area (Å²) in [6.45, 7) is 5.62. The molecule has 134 valence electrons. The lowest BCUT2D eigenvalue weighted by molar-refractivity contribution is -0.110. The molecule has 0 bridgehead atoms. The second-order valence-corrected chi connectivity index (χ2v) is 7.53. The number of imidazole rings is 1. The molecule has 1 N–H and O–H groups in total. The van der Waals surface area contributed by atoms with Crippen molar-refractivity contribution < 1.29 is 18.7 Å². The summed E-state index contributed by atoms with van der Waals surface area (Å²) in [6.07, 6.45) is 1.35. The maximum absolute atomic E-state index is 14.3. The SMILES string of the molecule is CN(Cc1nc2cc(F)c3c(c2[nH]1)CC(C=O)C3)C(=O)OC(C)(C)C. The number of hydrogen-bond acceptors (Lipinski definition) is 4. The van der Waals surface area contributed by atoms with Gasteiger partial charge in [-0.2, -0.15) is 0 Å². The largest absolute Gasteiger partial charge is 0.444 e. The van der Waals surface area contributed by atoms with E-state index in [1.54, 1.807) is 27.8 Å². The summed E-state index contributed by atoms with van der Waals surface area (Å²) in [5.41, 5.74) is 2.07. The second kappa shape index (κ2) is 6.13. The van der Waals surface area contributed by atoms with Crippen molar-refractivity contribution in [2.24, 2.45) is 5.92 Å². The molecular weight excluding hydrogens is 325 g/mol. The number of ether oxygens (including phenoxy) is 1. The number of aromatic nitrogens is 2. The third kappa shape index (κ3) is 3.50. The van der Waals surface area contributed by atoms with Crippen molar-refractivity contribution >= 4 is 23.4 Å². The number of carbonyl (C=O) groups excluding carboxylic acids is 2. The molecule has 7 heteroatoms. The van der Waals surface area contributed by atoms with Gasteiger partial charge in [-0.3, -0.25) is 0 Å². The first kappa shape index (κ1) is 17.4. The lowest BCUT2D eigenvalue weighted by Gasteiger charge is -2.24. The van der Waals surface area contributed by atoms with Gasteiger partial charge < -0.3 is 19.4 Å². The van der Waals surface area contributed by atoms with Crippen LogP contribution in [0.3, 0.4) is 0 Å². The highest BCUT2D eigenvalue weighted by Gasteiger charge is 2.28. The molecule has 1 amide bonds. The van der Waals surface area contributed by atoms with E-state index in [-0.39, 0.29) is 18.3 Å². The van der Waals surface area contributed by atoms with Crippen LogP contribution in [0.5, 0.6) is 0 Å². The van der Waals surface area contributed by atoms with Crippen molar-refractivity contribution in [3.63, 3.8) is 0 Å². The number of carbonyl (C=O) groups is 2. The van der Waals surface area contributed by atoms with Crippen LogP contribution in [0.15, 0.2) is 6.07 Å². The van der Waals surface area contributed by atoms with E-state index in [1.165, 1.54) is 11.0 Å². The van der Waals surface area contributed by atoms with Gasteiger partial charge in [0, 0.05) is 19.0 Å². The lowest BCUT2D eigenvalue weighted by Crippen LogP contribution is -2.34. The van der Waals surface area contributed by atoms with Gasteiger partial charge in [0.2, 0.25) is 0 Å². The Morgan fingerprint density at radius 2 is 2.12 bits per heavy atom. The van der Waals surface area contributed by atoms with E-state index < -0.39 is 11.7 Å². The highest BCUT2D eigenvalue weighted by molar-refractivity contribution is 5.82. The van der Waals surface area contributed by atoms with E-state index in [0.717, 1.165) is 17.4 Å². The zero-order valence-corrected chi connectivity index (χ0v) is 14.9. The molecule has 6 nitrogen and oxygen atoms in total. The number of nitrogens with one attached hydrogen (secondary N) is 1. The molecule has 0 aliphatic heterocycles. The molecule has 1 atom stereocenters. The van der Waals surface area contributed by atoms with Crippen LogP contribution in [0.1, 0.15) is 37.7 Å². The Morgan fingerprint density at radius 3 is 2.76 bits per heavy atom. The molecular formula is C18H22FN3O3. The zero-order chi connectivity index (χ0) is 18.4. The van der Waals surface area contributed by atoms with Crippen molar-refractivity contribution in [3.8, 4) is 0 Å². The van der Waals surface area contributed by atoms with E-state index in [0.29, 0.717) is 29.7 Å². The van der Waals surface area contributed by atoms with Crippen LogP contribution in [0, 0.1) is 11.7 Å². The minimum Gasteiger partial charge on any atom is -0.444 e. The van der Waals surface area contributed by atoms with Gasteiger partial charge in [-0.15, -0.1) is 0 Å². The average Bonchev–Trinajstić information content (AvgIpc) is 3.09. The number of aldehydes is 1. The Balaban J connectivity index is 1.85. The molecule has 1 aliphatic carbocycles. The fourth-order valence-corrected chi connectivity index (χ4v) is 3.12. The number of nitrogens with zero attached hydrogens (tertiary/aromatic N) is 2. The minimum atomic E-state index is -0.576. The van der Waals surface area contributed by atoms with Crippen LogP contribution in [-0.2, 0) is 28.9 Å². The van der Waals surface area contributed by atoms with Crippen molar-refractivity contribution in [1.82, 2.24) is 14.9 Å². The molecule has 1 aromatic carbocycles. The van der Waals surface area contributed by atoms with E-state index in [1.807, 2.05) is 0 Å². The Labute approximate surface area is 145 Å². The minimum absolute atomic E-state index is 0.189. The quantitative estimate of drug-likeness (QED) is 0.866.